The Hall–Kier alpha value is -2.46. The molecule has 0 amide bonds. The van der Waals surface area contributed by atoms with Crippen molar-refractivity contribution in [3.05, 3.63) is 24.3 Å². The number of carbonyl (C=O) groups excluding carboxylic acids is 4. The number of carbonyl (C=O) groups is 4. The molecule has 0 fully saturated rings. The highest BCUT2D eigenvalue weighted by Crippen LogP contribution is 2.45. The van der Waals surface area contributed by atoms with Gasteiger partial charge in [0.2, 0.25) is 0 Å². The van der Waals surface area contributed by atoms with Gasteiger partial charge in [0.1, 0.15) is 19.3 Å². The maximum absolute atomic E-state index is 13.0. The Morgan fingerprint density at radius 3 is 0.989 bits per heavy atom. The Kier molecular flexibility index (Phi) is 59.7. The number of allylic oxidation sites excluding steroid dienone is 4. The van der Waals surface area contributed by atoms with E-state index >= 15 is 0 Å². The first-order valence-corrected chi connectivity index (χ1v) is 39.2. The van der Waals surface area contributed by atoms with Gasteiger partial charge >= 0.3 is 39.5 Å². The van der Waals surface area contributed by atoms with E-state index in [1.54, 1.807) is 0 Å². The van der Waals surface area contributed by atoms with Crippen molar-refractivity contribution in [2.24, 2.45) is 17.8 Å². The monoisotopic (exact) mass is 1320 g/mol. The molecule has 19 heteroatoms. The fraction of sp³-hybridized carbons (Fsp3) is 0.887. The van der Waals surface area contributed by atoms with Crippen molar-refractivity contribution in [1.29, 1.82) is 0 Å². The van der Waals surface area contributed by atoms with Crippen molar-refractivity contribution in [3.8, 4) is 0 Å². The maximum atomic E-state index is 13.0. The molecule has 3 N–H and O–H groups in total. The van der Waals surface area contributed by atoms with Crippen LogP contribution in [0, 0.1) is 17.8 Å². The van der Waals surface area contributed by atoms with Gasteiger partial charge < -0.3 is 33.8 Å². The molecule has 0 radical (unpaired) electrons. The van der Waals surface area contributed by atoms with E-state index in [9.17, 15) is 43.2 Å². The molecule has 0 heterocycles. The van der Waals surface area contributed by atoms with E-state index in [4.69, 9.17) is 37.0 Å². The first-order valence-electron chi connectivity index (χ1n) is 36.2. The summed E-state index contributed by atoms with van der Waals surface area (Å²) in [4.78, 5) is 72.5. The van der Waals surface area contributed by atoms with Crippen molar-refractivity contribution in [2.75, 3.05) is 39.6 Å². The van der Waals surface area contributed by atoms with Crippen molar-refractivity contribution in [2.45, 2.75) is 349 Å². The quantitative estimate of drug-likeness (QED) is 0.0169. The summed E-state index contributed by atoms with van der Waals surface area (Å²) in [6, 6.07) is 0. The summed E-state index contributed by atoms with van der Waals surface area (Å²) >= 11 is 0. The van der Waals surface area contributed by atoms with Gasteiger partial charge in [-0.25, -0.2) is 9.13 Å². The molecule has 0 aliphatic rings. The van der Waals surface area contributed by atoms with Crippen LogP contribution in [0.15, 0.2) is 24.3 Å². The second-order valence-corrected chi connectivity index (χ2v) is 29.0. The number of ether oxygens (including phenoxy) is 4. The lowest BCUT2D eigenvalue weighted by Gasteiger charge is -2.21. The molecule has 530 valence electrons. The van der Waals surface area contributed by atoms with Crippen LogP contribution in [-0.4, -0.2) is 96.7 Å². The second kappa shape index (κ2) is 61.4. The molecule has 17 nitrogen and oxygen atoms in total. The molecule has 0 bridgehead atoms. The lowest BCUT2D eigenvalue weighted by Crippen LogP contribution is -2.30. The first-order chi connectivity index (χ1) is 43.3. The summed E-state index contributed by atoms with van der Waals surface area (Å²) in [7, 11) is -9.91. The van der Waals surface area contributed by atoms with E-state index in [-0.39, 0.29) is 25.7 Å². The molecule has 0 aromatic rings. The normalized spacial score (nSPS) is 14.7. The highest BCUT2D eigenvalue weighted by molar-refractivity contribution is 7.47. The molecule has 0 aliphatic heterocycles. The average Bonchev–Trinajstić information content (AvgIpc) is 3.27. The number of aliphatic hydroxyl groups excluding tert-OH is 1. The first kappa shape index (κ1) is 87.5. The molecule has 0 rings (SSSR count). The van der Waals surface area contributed by atoms with Gasteiger partial charge in [0.15, 0.2) is 12.2 Å². The van der Waals surface area contributed by atoms with E-state index in [0.29, 0.717) is 31.6 Å². The van der Waals surface area contributed by atoms with Crippen LogP contribution in [0.2, 0.25) is 0 Å². The van der Waals surface area contributed by atoms with Crippen LogP contribution in [0.4, 0.5) is 0 Å². The van der Waals surface area contributed by atoms with Crippen LogP contribution in [0.3, 0.4) is 0 Å². The predicted molar refractivity (Wildman–Crippen MR) is 363 cm³/mol. The van der Waals surface area contributed by atoms with E-state index < -0.39 is 97.5 Å². The topological polar surface area (TPSA) is 237 Å². The number of phosphoric ester groups is 2. The van der Waals surface area contributed by atoms with Crippen molar-refractivity contribution in [3.63, 3.8) is 0 Å². The van der Waals surface area contributed by atoms with Crippen molar-refractivity contribution >= 4 is 39.5 Å². The van der Waals surface area contributed by atoms with Gasteiger partial charge in [-0.2, -0.15) is 0 Å². The Morgan fingerprint density at radius 1 is 0.367 bits per heavy atom. The van der Waals surface area contributed by atoms with Crippen LogP contribution in [0.5, 0.6) is 0 Å². The number of esters is 4. The summed E-state index contributed by atoms with van der Waals surface area (Å²) in [5, 5.41) is 10.6. The molecule has 0 aromatic carbocycles. The number of phosphoric acid groups is 2. The molecule has 0 saturated carbocycles. The Labute approximate surface area is 548 Å². The van der Waals surface area contributed by atoms with Crippen molar-refractivity contribution < 1.29 is 80.2 Å². The van der Waals surface area contributed by atoms with Gasteiger partial charge in [-0.3, -0.25) is 37.3 Å². The molecular weight excluding hydrogens is 1190 g/mol. The molecule has 0 aliphatic carbocycles. The Balaban J connectivity index is 5.24. The zero-order chi connectivity index (χ0) is 66.6. The zero-order valence-corrected chi connectivity index (χ0v) is 59.9. The Bertz CT molecular complexity index is 1860. The average molecular weight is 1320 g/mol. The third kappa shape index (κ3) is 63.0. The number of aliphatic hydroxyl groups is 1. The lowest BCUT2D eigenvalue weighted by molar-refractivity contribution is -0.161. The van der Waals surface area contributed by atoms with Crippen LogP contribution in [0.1, 0.15) is 331 Å². The number of rotatable bonds is 67. The highest BCUT2D eigenvalue weighted by Gasteiger charge is 2.30. The fourth-order valence-corrected chi connectivity index (χ4v) is 11.7. The molecule has 3 unspecified atom stereocenters. The number of hydrogen-bond acceptors (Lipinski definition) is 15. The minimum atomic E-state index is -4.96. The number of unbranched alkanes of at least 4 members (excludes halogenated alkanes) is 31. The maximum Gasteiger partial charge on any atom is 0.472 e. The smallest absolute Gasteiger partial charge is 0.462 e. The van der Waals surface area contributed by atoms with Crippen molar-refractivity contribution in [1.82, 2.24) is 0 Å². The Morgan fingerprint density at radius 2 is 0.656 bits per heavy atom. The predicted octanol–water partition coefficient (Wildman–Crippen LogP) is 19.8. The fourth-order valence-electron chi connectivity index (χ4n) is 10.1. The molecule has 0 aromatic heterocycles. The van der Waals surface area contributed by atoms with E-state index in [1.807, 2.05) is 0 Å². The third-order valence-electron chi connectivity index (χ3n) is 16.1. The van der Waals surface area contributed by atoms with Crippen LogP contribution in [0.25, 0.3) is 0 Å². The SMILES string of the molecule is CCCCCC/C=C\C=C/CCCCCCCC(=O)O[C@H](COC(=O)CCCCCCCCC(C)CC)COP(=O)(O)OC[C@H](O)COP(=O)(O)OC[C@@H](COC(=O)CCCCCCCCCCCCCCCC(C)C)OC(=O)CCCCCCCCC(C)C. The molecule has 0 spiro atoms. The minimum absolute atomic E-state index is 0.0836. The van der Waals surface area contributed by atoms with E-state index in [1.165, 1.54) is 122 Å². The van der Waals surface area contributed by atoms with E-state index in [2.05, 4.69) is 72.8 Å². The van der Waals surface area contributed by atoms with E-state index in [0.717, 1.165) is 121 Å². The van der Waals surface area contributed by atoms with Gasteiger partial charge in [0, 0.05) is 25.7 Å². The molecule has 6 atom stereocenters. The minimum Gasteiger partial charge on any atom is -0.462 e. The van der Waals surface area contributed by atoms with Crippen LogP contribution in [-0.2, 0) is 65.4 Å². The summed E-state index contributed by atoms with van der Waals surface area (Å²) in [5.74, 6) is 0.0232. The molecule has 0 saturated heterocycles. The number of hydrogen-bond donors (Lipinski definition) is 3. The molecule has 90 heavy (non-hydrogen) atoms. The van der Waals surface area contributed by atoms with Gasteiger partial charge in [-0.05, 0) is 69.1 Å². The summed E-state index contributed by atoms with van der Waals surface area (Å²) < 4.78 is 68.2. The van der Waals surface area contributed by atoms with Crippen LogP contribution < -0.4 is 0 Å². The standard InChI is InChI=1S/C71H134O17P2/c1-8-10-11-12-13-14-15-16-17-20-24-27-30-40-47-54-70(75)87-66(59-82-69(74)53-46-39-34-32-37-44-51-64(7)9-2)60-85-89(77,78)83-56-65(72)57-84-90(79,80)86-61-67(88-71(76)55-48-41-33-31-36-43-50-63(5)6)58-81-68(73)52-45-38-29-26-23-21-18-19-22-25-28-35-42-49-62(3)4/h14-17,62-67,72H,8-13,18-61H2,1-7H3,(H,77,78)(H,79,80)/b15-14-,17-16-/t64?,65-,66+,67+/m0/s1. The van der Waals surface area contributed by atoms with Gasteiger partial charge in [0.25, 0.3) is 0 Å². The largest absolute Gasteiger partial charge is 0.472 e. The lowest BCUT2D eigenvalue weighted by atomic mass is 10.00. The van der Waals surface area contributed by atoms with Crippen LogP contribution >= 0.6 is 15.6 Å². The molecular formula is C71H134O17P2. The van der Waals surface area contributed by atoms with Gasteiger partial charge in [0.05, 0.1) is 26.4 Å². The summed E-state index contributed by atoms with van der Waals surface area (Å²) in [5.41, 5.74) is 0. The third-order valence-corrected chi connectivity index (χ3v) is 18.0. The highest BCUT2D eigenvalue weighted by atomic mass is 31.2. The summed E-state index contributed by atoms with van der Waals surface area (Å²) in [6.45, 7) is 11.7. The zero-order valence-electron chi connectivity index (χ0n) is 58.1. The van der Waals surface area contributed by atoms with Gasteiger partial charge in [-0.15, -0.1) is 0 Å². The second-order valence-electron chi connectivity index (χ2n) is 26.1. The van der Waals surface area contributed by atoms with Gasteiger partial charge in [-0.1, -0.05) is 278 Å². The summed E-state index contributed by atoms with van der Waals surface area (Å²) in [6.07, 6.45) is 48.2.